The first-order valence-corrected chi connectivity index (χ1v) is 7.18. The molecular weight excluding hydrogens is 275 g/mol. The van der Waals surface area contributed by atoms with E-state index in [2.05, 4.69) is 37.3 Å². The number of hydrogen-bond acceptors (Lipinski definition) is 0. The van der Waals surface area contributed by atoms with E-state index in [4.69, 9.17) is 23.2 Å². The number of hydrogen-bond donors (Lipinski definition) is 0. The third kappa shape index (κ3) is 3.86. The topological polar surface area (TPSA) is 0 Å². The average Bonchev–Trinajstić information content (AvgIpc) is 2.43. The van der Waals surface area contributed by atoms with E-state index in [1.165, 1.54) is 16.7 Å². The maximum absolute atomic E-state index is 5.95. The number of benzene rings is 2. The summed E-state index contributed by atoms with van der Waals surface area (Å²) in [7, 11) is 0. The number of halogens is 2. The molecule has 98 valence electrons. The maximum atomic E-state index is 5.95. The Hall–Kier alpha value is -1.24. The van der Waals surface area contributed by atoms with Crippen LogP contribution in [0.15, 0.2) is 54.6 Å². The minimum Gasteiger partial charge on any atom is -0.0843 e. The minimum absolute atomic E-state index is 0.759. The van der Waals surface area contributed by atoms with Gasteiger partial charge in [0.25, 0.3) is 0 Å². The molecule has 0 aliphatic heterocycles. The van der Waals surface area contributed by atoms with Crippen LogP contribution in [0.2, 0.25) is 10.0 Å². The summed E-state index contributed by atoms with van der Waals surface area (Å²) in [5.74, 6) is 0. The Morgan fingerprint density at radius 2 is 1.26 bits per heavy atom. The third-order valence-electron chi connectivity index (χ3n) is 2.95. The van der Waals surface area contributed by atoms with Gasteiger partial charge in [0.2, 0.25) is 0 Å². The number of rotatable bonds is 4. The second-order valence-electron chi connectivity index (χ2n) is 4.42. The summed E-state index contributed by atoms with van der Waals surface area (Å²) in [6, 6.07) is 15.9. The summed E-state index contributed by atoms with van der Waals surface area (Å²) < 4.78 is 0. The molecule has 2 heteroatoms. The van der Waals surface area contributed by atoms with Crippen LogP contribution < -0.4 is 0 Å². The van der Waals surface area contributed by atoms with E-state index in [9.17, 15) is 0 Å². The predicted octanol–water partition coefficient (Wildman–Crippen LogP) is 6.23. The number of unbranched alkanes of at least 4 members (excludes halogenated alkanes) is 1. The molecule has 0 fully saturated rings. The van der Waals surface area contributed by atoms with Crippen LogP contribution in [-0.2, 0) is 0 Å². The van der Waals surface area contributed by atoms with Gasteiger partial charge in [0, 0.05) is 10.0 Å². The van der Waals surface area contributed by atoms with Crippen LogP contribution in [0.5, 0.6) is 0 Å². The fraction of sp³-hybridized carbons (Fsp3) is 0.176. The fourth-order valence-electron chi connectivity index (χ4n) is 1.95. The van der Waals surface area contributed by atoms with Gasteiger partial charge >= 0.3 is 0 Å². The van der Waals surface area contributed by atoms with Crippen LogP contribution in [0.3, 0.4) is 0 Å². The predicted molar refractivity (Wildman–Crippen MR) is 84.9 cm³/mol. The summed E-state index contributed by atoms with van der Waals surface area (Å²) in [5, 5.41) is 1.52. The van der Waals surface area contributed by atoms with Crippen molar-refractivity contribution >= 4 is 28.8 Å². The van der Waals surface area contributed by atoms with Crippen LogP contribution in [0.4, 0.5) is 0 Å². The van der Waals surface area contributed by atoms with Gasteiger partial charge in [-0.2, -0.15) is 0 Å². The lowest BCUT2D eigenvalue weighted by molar-refractivity contribution is 0.960. The molecule has 0 heterocycles. The van der Waals surface area contributed by atoms with Crippen molar-refractivity contribution in [2.75, 3.05) is 0 Å². The molecule has 0 radical (unpaired) electrons. The first-order chi connectivity index (χ1) is 9.20. The Morgan fingerprint density at radius 3 is 1.63 bits per heavy atom. The van der Waals surface area contributed by atoms with Crippen molar-refractivity contribution in [3.05, 3.63) is 75.8 Å². The van der Waals surface area contributed by atoms with Crippen molar-refractivity contribution < 1.29 is 0 Å². The largest absolute Gasteiger partial charge is 0.0843 e. The van der Waals surface area contributed by atoms with E-state index in [1.54, 1.807) is 0 Å². The molecule has 0 aliphatic rings. The maximum Gasteiger partial charge on any atom is 0.0406 e. The Kier molecular flexibility index (Phi) is 5.07. The van der Waals surface area contributed by atoms with E-state index < -0.39 is 0 Å². The summed E-state index contributed by atoms with van der Waals surface area (Å²) >= 11 is 11.9. The molecule has 0 atom stereocenters. The van der Waals surface area contributed by atoms with Crippen LogP contribution in [0.1, 0.15) is 30.9 Å². The molecule has 0 saturated carbocycles. The molecule has 0 bridgehead atoms. The lowest BCUT2D eigenvalue weighted by atomic mass is 9.97. The van der Waals surface area contributed by atoms with E-state index in [0.29, 0.717) is 0 Å². The highest BCUT2D eigenvalue weighted by Crippen LogP contribution is 2.26. The van der Waals surface area contributed by atoms with Crippen LogP contribution in [0, 0.1) is 0 Å². The van der Waals surface area contributed by atoms with Gasteiger partial charge in [0.05, 0.1) is 0 Å². The minimum atomic E-state index is 0.759. The molecule has 2 rings (SSSR count). The first kappa shape index (κ1) is 14.2. The van der Waals surface area contributed by atoms with Crippen LogP contribution in [0.25, 0.3) is 5.57 Å². The fourth-order valence-corrected chi connectivity index (χ4v) is 2.20. The van der Waals surface area contributed by atoms with Gasteiger partial charge in [0.15, 0.2) is 0 Å². The highest BCUT2D eigenvalue weighted by atomic mass is 35.5. The Bertz CT molecular complexity index is 503. The zero-order valence-electron chi connectivity index (χ0n) is 10.9. The lowest BCUT2D eigenvalue weighted by Gasteiger charge is -2.09. The van der Waals surface area contributed by atoms with E-state index in [-0.39, 0.29) is 0 Å². The van der Waals surface area contributed by atoms with Gasteiger partial charge in [-0.25, -0.2) is 0 Å². The molecule has 0 amide bonds. The van der Waals surface area contributed by atoms with Gasteiger partial charge in [-0.05, 0) is 47.4 Å². The molecule has 2 aromatic rings. The molecule has 0 spiro atoms. The van der Waals surface area contributed by atoms with Gasteiger partial charge in [-0.3, -0.25) is 0 Å². The molecule has 19 heavy (non-hydrogen) atoms. The smallest absolute Gasteiger partial charge is 0.0406 e. The van der Waals surface area contributed by atoms with Crippen LogP contribution in [-0.4, -0.2) is 0 Å². The van der Waals surface area contributed by atoms with Gasteiger partial charge < -0.3 is 0 Å². The van der Waals surface area contributed by atoms with Gasteiger partial charge in [-0.15, -0.1) is 0 Å². The summed E-state index contributed by atoms with van der Waals surface area (Å²) in [4.78, 5) is 0. The van der Waals surface area contributed by atoms with Crippen molar-refractivity contribution in [3.63, 3.8) is 0 Å². The van der Waals surface area contributed by atoms with Crippen molar-refractivity contribution in [3.8, 4) is 0 Å². The Balaban J connectivity index is 2.41. The zero-order chi connectivity index (χ0) is 13.7. The van der Waals surface area contributed by atoms with E-state index in [1.807, 2.05) is 24.3 Å². The highest BCUT2D eigenvalue weighted by molar-refractivity contribution is 6.31. The van der Waals surface area contributed by atoms with Gasteiger partial charge in [0.1, 0.15) is 0 Å². The van der Waals surface area contributed by atoms with E-state index >= 15 is 0 Å². The first-order valence-electron chi connectivity index (χ1n) is 6.42. The molecular formula is C17H16Cl2. The Labute approximate surface area is 124 Å². The SMILES string of the molecule is CCCC=C(c1ccc(Cl)cc1)c1ccc(Cl)cc1. The second-order valence-corrected chi connectivity index (χ2v) is 5.29. The highest BCUT2D eigenvalue weighted by Gasteiger charge is 2.04. The molecule has 0 aliphatic carbocycles. The quantitative estimate of drug-likeness (QED) is 0.626. The Morgan fingerprint density at radius 1 is 0.842 bits per heavy atom. The van der Waals surface area contributed by atoms with E-state index in [0.717, 1.165) is 22.9 Å². The third-order valence-corrected chi connectivity index (χ3v) is 3.45. The summed E-state index contributed by atoms with van der Waals surface area (Å²) in [6.45, 7) is 2.18. The molecule has 0 aromatic heterocycles. The molecule has 0 saturated heterocycles. The van der Waals surface area contributed by atoms with Gasteiger partial charge in [-0.1, -0.05) is 66.9 Å². The van der Waals surface area contributed by atoms with Crippen LogP contribution >= 0.6 is 23.2 Å². The molecule has 0 unspecified atom stereocenters. The number of allylic oxidation sites excluding steroid dienone is 1. The van der Waals surface area contributed by atoms with Crippen molar-refractivity contribution in [1.82, 2.24) is 0 Å². The van der Waals surface area contributed by atoms with Crippen molar-refractivity contribution in [2.45, 2.75) is 19.8 Å². The second kappa shape index (κ2) is 6.79. The molecule has 0 nitrogen and oxygen atoms in total. The average molecular weight is 291 g/mol. The van der Waals surface area contributed by atoms with Crippen molar-refractivity contribution in [1.29, 1.82) is 0 Å². The summed E-state index contributed by atoms with van der Waals surface area (Å²) in [6.07, 6.45) is 4.46. The standard InChI is InChI=1S/C17H16Cl2/c1-2-3-4-17(13-5-9-15(18)10-6-13)14-7-11-16(19)12-8-14/h4-12H,2-3H2,1H3. The van der Waals surface area contributed by atoms with Crippen molar-refractivity contribution in [2.24, 2.45) is 0 Å². The summed E-state index contributed by atoms with van der Waals surface area (Å²) in [5.41, 5.74) is 3.59. The zero-order valence-corrected chi connectivity index (χ0v) is 12.4. The monoisotopic (exact) mass is 290 g/mol. The molecule has 2 aromatic carbocycles. The normalized spacial score (nSPS) is 10.3. The lowest BCUT2D eigenvalue weighted by Crippen LogP contribution is -1.88. The molecule has 0 N–H and O–H groups in total.